The highest BCUT2D eigenvalue weighted by Crippen LogP contribution is 2.39. The largest absolute Gasteiger partial charge is 0.460 e. The third-order valence-electron chi connectivity index (χ3n) is 23.8. The van der Waals surface area contributed by atoms with Gasteiger partial charge < -0.3 is 88.4 Å². The van der Waals surface area contributed by atoms with Gasteiger partial charge in [0.1, 0.15) is 59.3 Å². The zero-order valence-corrected chi connectivity index (χ0v) is 73.7. The molecular weight excluding hydrogens is 1590 g/mol. The van der Waals surface area contributed by atoms with Crippen LogP contribution < -0.4 is 16.8 Å². The first-order chi connectivity index (χ1) is 59.2. The number of aliphatic hydroxyl groups is 2. The standard InChI is InChI=1S/C90H134N12O21/c1-58-21-13-11-14-22-59(2)71(95-65(8)103)54-70-29-26-64(7)90(111,123-70)84(108)87(109)101-33-19-16-25-73(101)88(110)121-77(55-74(105)60(3)50-63(6)82(107)83(113-10)81(106)62(5)49-58)61(4)51-66-27-30-76(78(52-66)112-9)120-36-20-17-23-68-56-100(99-97-68)35-38-115-40-42-117-44-46-119-48-47-118-45-43-116-41-39-114-37-32-69(104)24-15-12-18-34-102-86-79(85(91)93-57-94-86)80(98-102)67-28-31-75-72(53-67)96-89(92)122-75/h11,13-14,21-22,28,31,50,53,56-58,60-62,64,66,70-71,73,76-78,82-83,107,111H,12,15-20,23-27,29-30,32-49,51-52,54-55H2,1-10H3,(H2,92,96)(H,95,103)(H2,91,93,94)/b14-11+,21-13+,59-22+,63-50+/t58-,60-,61-,62-,64-,66+,70+,71?,73+,76-,77+,78-,82-,83+,90-/m1/s1. The number of carbonyl (C=O) groups is 7. The van der Waals surface area contributed by atoms with Gasteiger partial charge >= 0.3 is 5.97 Å². The van der Waals surface area contributed by atoms with Crippen molar-refractivity contribution >= 4 is 74.9 Å². The lowest BCUT2D eigenvalue weighted by Crippen LogP contribution is -2.61. The summed E-state index contributed by atoms with van der Waals surface area (Å²) >= 11 is 0. The van der Waals surface area contributed by atoms with Crippen LogP contribution in [0.1, 0.15) is 183 Å². The summed E-state index contributed by atoms with van der Waals surface area (Å²) in [6, 6.07) is 3.85. The van der Waals surface area contributed by atoms with Gasteiger partial charge in [-0.1, -0.05) is 88.3 Å². The number of nitrogens with one attached hydrogen (secondary N) is 1. The van der Waals surface area contributed by atoms with E-state index in [2.05, 4.69) is 30.6 Å². The second kappa shape index (κ2) is 50.6. The minimum atomic E-state index is -2.53. The van der Waals surface area contributed by atoms with E-state index < -0.39 is 77.7 Å². The number of benzene rings is 1. The van der Waals surface area contributed by atoms with E-state index in [1.807, 2.05) is 74.2 Å². The van der Waals surface area contributed by atoms with Crippen LogP contribution in [0, 0.1) is 35.5 Å². The summed E-state index contributed by atoms with van der Waals surface area (Å²) in [6.07, 6.45) is 20.4. The number of hydrogen-bond donors (Lipinski definition) is 5. The number of aliphatic hydroxyl groups excluding tert-OH is 1. The number of Topliss-reactive ketones (excluding diaryl/α,β-unsaturated/α-hetero) is 4. The fourth-order valence-corrected chi connectivity index (χ4v) is 16.6. The summed E-state index contributed by atoms with van der Waals surface area (Å²) in [5.74, 6) is -8.34. The SMILES string of the molecule is CO[C@@H]1C[C@H](C[C@@H](C)[C@@H]2CC(=O)[C@H](C)/C=C(\C)[C@@H](O)[C@@H](OC)C(=O)[C@H](C)C[C@H](C)/C=C/C=C/C=C(\C)C(NC(C)=O)C[C@@H]3CC[C@@H](C)[C@@](O)(O3)C(=O)C(=O)N3CCCC[C@H]3C(=O)O2)CC[C@H]1OCCCCc1cn(CCOCCOCCOCCOCCOCCOCCC(=O)CCCCCn2nc(-c3ccc4oc(N)nc4c3)c3c(N)ncnc32)nn1. The Hall–Kier alpha value is -8.45. The number of rotatable bonds is 40. The highest BCUT2D eigenvalue weighted by Gasteiger charge is 2.53. The first kappa shape index (κ1) is 98.3. The molecule has 1 saturated carbocycles. The van der Waals surface area contributed by atoms with Gasteiger partial charge in [0.25, 0.3) is 17.7 Å². The minimum absolute atomic E-state index is 0.0392. The van der Waals surface area contributed by atoms with E-state index >= 15 is 0 Å². The summed E-state index contributed by atoms with van der Waals surface area (Å²) in [7, 11) is 3.05. The monoisotopic (exact) mass is 1720 g/mol. The van der Waals surface area contributed by atoms with E-state index in [1.165, 1.54) is 25.3 Å². The predicted molar refractivity (Wildman–Crippen MR) is 459 cm³/mol. The number of aryl methyl sites for hydroxylation is 2. The summed E-state index contributed by atoms with van der Waals surface area (Å²) in [5, 5.41) is 41.0. The van der Waals surface area contributed by atoms with Gasteiger partial charge in [-0.2, -0.15) is 10.1 Å². The quantitative estimate of drug-likeness (QED) is 0.0105. The van der Waals surface area contributed by atoms with Crippen molar-refractivity contribution in [3.05, 3.63) is 84.0 Å². The van der Waals surface area contributed by atoms with Crippen LogP contribution in [0.2, 0.25) is 0 Å². The molecule has 33 heteroatoms. The predicted octanol–water partition coefficient (Wildman–Crippen LogP) is 9.74. The number of methoxy groups -OCH3 is 2. The van der Waals surface area contributed by atoms with E-state index in [0.29, 0.717) is 202 Å². The Labute approximate surface area is 722 Å². The first-order valence-electron chi connectivity index (χ1n) is 44.1. The topological polar surface area (TPSA) is 429 Å². The molecule has 0 spiro atoms. The van der Waals surface area contributed by atoms with Crippen LogP contribution in [0.5, 0.6) is 0 Å². The molecule has 5 aromatic rings. The van der Waals surface area contributed by atoms with Crippen LogP contribution in [-0.4, -0.2) is 257 Å². The van der Waals surface area contributed by atoms with Crippen molar-refractivity contribution in [2.24, 2.45) is 35.5 Å². The van der Waals surface area contributed by atoms with Crippen molar-refractivity contribution in [1.82, 2.24) is 49.9 Å². The second-order valence-electron chi connectivity index (χ2n) is 33.4. The van der Waals surface area contributed by atoms with E-state index in [0.717, 1.165) is 61.8 Å². The van der Waals surface area contributed by atoms with Crippen LogP contribution in [0.25, 0.3) is 33.4 Å². The molecule has 15 atom stereocenters. The molecule has 9 rings (SSSR count). The summed E-state index contributed by atoms with van der Waals surface area (Å²) in [5.41, 5.74) is 17.3. The molecular formula is C90H134N12O21. The highest BCUT2D eigenvalue weighted by atomic mass is 16.6. The molecule has 3 aliphatic heterocycles. The number of nitrogen functional groups attached to an aromatic ring is 2. The van der Waals surface area contributed by atoms with Crippen molar-refractivity contribution in [2.45, 2.75) is 251 Å². The third-order valence-corrected chi connectivity index (χ3v) is 23.8. The van der Waals surface area contributed by atoms with E-state index in [9.17, 15) is 43.8 Å². The van der Waals surface area contributed by atoms with Crippen LogP contribution in [0.4, 0.5) is 11.8 Å². The average molecular weight is 1720 g/mol. The molecule has 0 radical (unpaired) electrons. The minimum Gasteiger partial charge on any atom is -0.460 e. The van der Waals surface area contributed by atoms with Gasteiger partial charge in [0.15, 0.2) is 17.0 Å². The first-order valence-corrected chi connectivity index (χ1v) is 44.1. The maximum Gasteiger partial charge on any atom is 0.329 e. The number of ether oxygens (including phenoxy) is 11. The highest BCUT2D eigenvalue weighted by molar-refractivity contribution is 6.39. The molecule has 7 N–H and O–H groups in total. The Morgan fingerprint density at radius 2 is 1.46 bits per heavy atom. The van der Waals surface area contributed by atoms with Crippen LogP contribution in [0.15, 0.2) is 82.7 Å². The van der Waals surface area contributed by atoms with Crippen molar-refractivity contribution in [3.8, 4) is 11.3 Å². The van der Waals surface area contributed by atoms with Gasteiger partial charge in [0.05, 0.1) is 121 Å². The molecule has 33 nitrogen and oxygen atoms in total. The van der Waals surface area contributed by atoms with E-state index in [-0.39, 0.29) is 85.0 Å². The number of anilines is 2. The molecule has 4 aliphatic rings. The third kappa shape index (κ3) is 30.1. The fourth-order valence-electron chi connectivity index (χ4n) is 16.6. The smallest absolute Gasteiger partial charge is 0.329 e. The zero-order chi connectivity index (χ0) is 88.4. The molecule has 1 unspecified atom stereocenters. The molecule has 1 aromatic carbocycles. The van der Waals surface area contributed by atoms with Gasteiger partial charge in [0.2, 0.25) is 11.7 Å². The summed E-state index contributed by atoms with van der Waals surface area (Å²) in [4.78, 5) is 112. The molecule has 4 aromatic heterocycles. The van der Waals surface area contributed by atoms with Crippen molar-refractivity contribution in [1.29, 1.82) is 0 Å². The Bertz CT molecular complexity index is 4310. The normalized spacial score (nSPS) is 27.0. The molecule has 3 fully saturated rings. The van der Waals surface area contributed by atoms with Crippen LogP contribution >= 0.6 is 0 Å². The number of carbonyl (C=O) groups excluding carboxylic acids is 7. The Balaban J connectivity index is 0.626. The van der Waals surface area contributed by atoms with E-state index in [1.54, 1.807) is 51.6 Å². The Kier molecular flexibility index (Phi) is 40.5. The maximum absolute atomic E-state index is 14.8. The number of unbranched alkanes of at least 4 members (excludes halogenated alkanes) is 3. The molecule has 2 saturated heterocycles. The molecule has 2 bridgehead atoms. The number of aromatic nitrogens is 8. The van der Waals surface area contributed by atoms with Gasteiger partial charge in [-0.05, 0) is 158 Å². The van der Waals surface area contributed by atoms with Gasteiger partial charge in [0, 0.05) is 89.6 Å². The van der Waals surface area contributed by atoms with Crippen LogP contribution in [-0.2, 0) is 105 Å². The second-order valence-corrected chi connectivity index (χ2v) is 33.4. The van der Waals surface area contributed by atoms with Crippen molar-refractivity contribution in [2.75, 3.05) is 118 Å². The Morgan fingerprint density at radius 3 is 2.17 bits per heavy atom. The number of nitrogens with zero attached hydrogens (tertiary/aromatic N) is 9. The lowest BCUT2D eigenvalue weighted by molar-refractivity contribution is -0.264. The van der Waals surface area contributed by atoms with Crippen molar-refractivity contribution in [3.63, 3.8) is 0 Å². The molecule has 2 amide bonds. The fraction of sp³-hybridized carbons (Fsp3) is 0.678. The number of oxazole rings is 1. The maximum atomic E-state index is 14.8. The summed E-state index contributed by atoms with van der Waals surface area (Å²) in [6.45, 7) is 20.6. The molecule has 1 aliphatic carbocycles. The number of fused-ring (bicyclic) bond motifs is 5. The number of piperidine rings is 1. The summed E-state index contributed by atoms with van der Waals surface area (Å²) < 4.78 is 73.9. The number of hydrogen-bond acceptors (Lipinski definition) is 29. The number of nitrogens with two attached hydrogens (primary N) is 2. The number of allylic oxidation sites excluding steroid dienone is 6. The lowest BCUT2D eigenvalue weighted by Gasteiger charge is -2.43. The van der Waals surface area contributed by atoms with Crippen molar-refractivity contribution < 1.29 is 100 Å². The number of cyclic esters (lactones) is 1. The molecule has 680 valence electrons. The van der Waals surface area contributed by atoms with Crippen LogP contribution in [0.3, 0.4) is 0 Å². The van der Waals surface area contributed by atoms with Gasteiger partial charge in [-0.15, -0.1) is 5.10 Å². The van der Waals surface area contributed by atoms with Gasteiger partial charge in [-0.25, -0.2) is 24.1 Å². The van der Waals surface area contributed by atoms with E-state index in [4.69, 9.17) is 73.1 Å². The number of ketones is 4. The zero-order valence-electron chi connectivity index (χ0n) is 73.7. The lowest BCUT2D eigenvalue weighted by atomic mass is 9.78. The molecule has 123 heavy (non-hydrogen) atoms. The molecule has 7 heterocycles. The number of amides is 2. The van der Waals surface area contributed by atoms with Gasteiger partial charge in [-0.3, -0.25) is 28.8 Å². The average Bonchev–Trinajstić information content (AvgIpc) is 1.76. The number of esters is 1. The Morgan fingerprint density at radius 1 is 0.748 bits per heavy atom.